The van der Waals surface area contributed by atoms with Gasteiger partial charge in [-0.25, -0.2) is 19.6 Å². The molecule has 0 atom stereocenters. The number of nitrogens with zero attached hydrogens (tertiary/aromatic N) is 7. The zero-order valence-corrected chi connectivity index (χ0v) is 17.3. The van der Waals surface area contributed by atoms with Gasteiger partial charge in [0.05, 0.1) is 17.9 Å². The first-order valence-electron chi connectivity index (χ1n) is 11.0. The number of hydrogen-bond donors (Lipinski definition) is 2. The van der Waals surface area contributed by atoms with Gasteiger partial charge in [-0.15, -0.1) is 5.10 Å². The van der Waals surface area contributed by atoms with Crippen molar-refractivity contribution in [1.29, 1.82) is 0 Å². The van der Waals surface area contributed by atoms with Crippen molar-refractivity contribution >= 4 is 39.4 Å². The van der Waals surface area contributed by atoms with Crippen LogP contribution in [0.15, 0.2) is 36.7 Å². The molecule has 1 aliphatic carbocycles. The van der Waals surface area contributed by atoms with E-state index in [1.165, 1.54) is 12.8 Å². The fraction of sp³-hybridized carbons (Fsp3) is 0.409. The Morgan fingerprint density at radius 3 is 2.65 bits per heavy atom. The van der Waals surface area contributed by atoms with Crippen molar-refractivity contribution < 1.29 is 0 Å². The van der Waals surface area contributed by atoms with Crippen molar-refractivity contribution in [3.05, 3.63) is 36.7 Å². The van der Waals surface area contributed by atoms with E-state index in [1.807, 2.05) is 30.6 Å². The maximum absolute atomic E-state index is 4.83. The van der Waals surface area contributed by atoms with Crippen LogP contribution in [0.25, 0.3) is 21.9 Å². The molecular weight excluding hydrogens is 390 g/mol. The number of aromatic nitrogens is 6. The molecule has 2 aliphatic rings. The second kappa shape index (κ2) is 7.73. The SMILES string of the molecule is c1cc(Nc2ncc3ccc4nnn(C5CCCC5)c4c3n2)ncc1N1CCNCC1. The van der Waals surface area contributed by atoms with Crippen molar-refractivity contribution in [3.8, 4) is 0 Å². The molecule has 0 radical (unpaired) electrons. The summed E-state index contributed by atoms with van der Waals surface area (Å²) in [6.07, 6.45) is 8.54. The summed E-state index contributed by atoms with van der Waals surface area (Å²) in [7, 11) is 0. The topological polar surface area (TPSA) is 96.7 Å². The number of fused-ring (bicyclic) bond motifs is 3. The van der Waals surface area contributed by atoms with Crippen LogP contribution in [0.3, 0.4) is 0 Å². The van der Waals surface area contributed by atoms with Gasteiger partial charge in [-0.1, -0.05) is 18.1 Å². The average Bonchev–Trinajstić information content (AvgIpc) is 3.50. The molecule has 1 saturated carbocycles. The van der Waals surface area contributed by atoms with Crippen LogP contribution in [0.2, 0.25) is 0 Å². The molecule has 9 heteroatoms. The zero-order valence-electron chi connectivity index (χ0n) is 17.3. The molecule has 6 rings (SSSR count). The van der Waals surface area contributed by atoms with E-state index in [1.54, 1.807) is 0 Å². The second-order valence-corrected chi connectivity index (χ2v) is 8.30. The summed E-state index contributed by atoms with van der Waals surface area (Å²) in [5, 5.41) is 16.5. The third-order valence-corrected chi connectivity index (χ3v) is 6.32. The smallest absolute Gasteiger partial charge is 0.228 e. The highest BCUT2D eigenvalue weighted by atomic mass is 15.4. The average molecular weight is 416 g/mol. The summed E-state index contributed by atoms with van der Waals surface area (Å²) in [6, 6.07) is 8.49. The van der Waals surface area contributed by atoms with Gasteiger partial charge in [0.25, 0.3) is 0 Å². The highest BCUT2D eigenvalue weighted by molar-refractivity contribution is 6.01. The van der Waals surface area contributed by atoms with E-state index in [2.05, 4.69) is 46.6 Å². The van der Waals surface area contributed by atoms with Crippen molar-refractivity contribution in [3.63, 3.8) is 0 Å². The van der Waals surface area contributed by atoms with Gasteiger partial charge < -0.3 is 15.5 Å². The zero-order chi connectivity index (χ0) is 20.6. The molecule has 0 bridgehead atoms. The molecule has 0 unspecified atom stereocenters. The fourth-order valence-corrected chi connectivity index (χ4v) is 4.67. The third kappa shape index (κ3) is 3.44. The lowest BCUT2D eigenvalue weighted by atomic mass is 10.2. The van der Waals surface area contributed by atoms with E-state index in [4.69, 9.17) is 4.98 Å². The molecule has 4 heterocycles. The Bertz CT molecular complexity index is 1210. The molecule has 158 valence electrons. The summed E-state index contributed by atoms with van der Waals surface area (Å²) in [6.45, 7) is 4.01. The molecule has 4 aromatic rings. The van der Waals surface area contributed by atoms with E-state index in [0.29, 0.717) is 12.0 Å². The largest absolute Gasteiger partial charge is 0.368 e. The molecular formula is C22H25N9. The Hall–Kier alpha value is -3.33. The van der Waals surface area contributed by atoms with Crippen LogP contribution in [0.5, 0.6) is 0 Å². The predicted molar refractivity (Wildman–Crippen MR) is 121 cm³/mol. The third-order valence-electron chi connectivity index (χ3n) is 6.32. The molecule has 2 N–H and O–H groups in total. The highest BCUT2D eigenvalue weighted by Gasteiger charge is 2.22. The van der Waals surface area contributed by atoms with Gasteiger partial charge in [0, 0.05) is 37.8 Å². The van der Waals surface area contributed by atoms with Gasteiger partial charge in [-0.3, -0.25) is 0 Å². The summed E-state index contributed by atoms with van der Waals surface area (Å²) in [4.78, 5) is 16.3. The standard InChI is InChI=1S/C22H25N9/c1-2-4-16(3-1)31-21-18(28-29-31)7-5-15-13-25-22(27-20(15)21)26-19-8-6-17(14-24-19)30-11-9-23-10-12-30/h5-8,13-14,16,23H,1-4,9-12H2,(H,24,25,26,27). The lowest BCUT2D eigenvalue weighted by molar-refractivity contribution is 0.468. The van der Waals surface area contributed by atoms with Gasteiger partial charge >= 0.3 is 0 Å². The molecule has 1 aliphatic heterocycles. The van der Waals surface area contributed by atoms with Gasteiger partial charge in [-0.2, -0.15) is 0 Å². The van der Waals surface area contributed by atoms with Crippen molar-refractivity contribution in [2.75, 3.05) is 36.4 Å². The second-order valence-electron chi connectivity index (χ2n) is 8.30. The Morgan fingerprint density at radius 2 is 1.84 bits per heavy atom. The minimum absolute atomic E-state index is 0.404. The number of benzene rings is 1. The predicted octanol–water partition coefficient (Wildman–Crippen LogP) is 3.04. The number of pyridine rings is 1. The molecule has 0 amide bonds. The molecule has 31 heavy (non-hydrogen) atoms. The highest BCUT2D eigenvalue weighted by Crippen LogP contribution is 2.33. The quantitative estimate of drug-likeness (QED) is 0.525. The Kier molecular flexibility index (Phi) is 4.60. The summed E-state index contributed by atoms with van der Waals surface area (Å²) >= 11 is 0. The Labute approximate surface area is 179 Å². The number of piperazine rings is 1. The maximum Gasteiger partial charge on any atom is 0.228 e. The van der Waals surface area contributed by atoms with Gasteiger partial charge in [0.1, 0.15) is 22.4 Å². The van der Waals surface area contributed by atoms with Gasteiger partial charge in [0.2, 0.25) is 5.95 Å². The van der Waals surface area contributed by atoms with Crippen LogP contribution in [-0.2, 0) is 0 Å². The fourth-order valence-electron chi connectivity index (χ4n) is 4.67. The Morgan fingerprint density at radius 1 is 0.968 bits per heavy atom. The maximum atomic E-state index is 4.83. The lowest BCUT2D eigenvalue weighted by Gasteiger charge is -2.29. The van der Waals surface area contributed by atoms with Crippen LogP contribution in [0.4, 0.5) is 17.5 Å². The van der Waals surface area contributed by atoms with E-state index in [0.717, 1.165) is 72.5 Å². The minimum atomic E-state index is 0.404. The van der Waals surface area contributed by atoms with Crippen molar-refractivity contribution in [1.82, 2.24) is 35.3 Å². The lowest BCUT2D eigenvalue weighted by Crippen LogP contribution is -2.43. The molecule has 9 nitrogen and oxygen atoms in total. The molecule has 1 saturated heterocycles. The van der Waals surface area contributed by atoms with Crippen LogP contribution in [-0.4, -0.2) is 56.1 Å². The first-order chi connectivity index (χ1) is 15.3. The van der Waals surface area contributed by atoms with Crippen LogP contribution in [0, 0.1) is 0 Å². The van der Waals surface area contributed by atoms with Crippen molar-refractivity contribution in [2.45, 2.75) is 31.7 Å². The van der Waals surface area contributed by atoms with Crippen molar-refractivity contribution in [2.24, 2.45) is 0 Å². The van der Waals surface area contributed by atoms with E-state index in [-0.39, 0.29) is 0 Å². The van der Waals surface area contributed by atoms with Gasteiger partial charge in [-0.05, 0) is 37.1 Å². The number of hydrogen-bond acceptors (Lipinski definition) is 8. The molecule has 2 fully saturated rings. The van der Waals surface area contributed by atoms with Crippen LogP contribution < -0.4 is 15.5 Å². The monoisotopic (exact) mass is 415 g/mol. The van der Waals surface area contributed by atoms with E-state index < -0.39 is 0 Å². The van der Waals surface area contributed by atoms with Crippen LogP contribution in [0.1, 0.15) is 31.7 Å². The molecule has 0 spiro atoms. The number of rotatable bonds is 4. The van der Waals surface area contributed by atoms with E-state index in [9.17, 15) is 0 Å². The molecule has 1 aromatic carbocycles. The number of nitrogens with one attached hydrogen (secondary N) is 2. The first kappa shape index (κ1) is 18.4. The Balaban J connectivity index is 1.31. The normalized spacial score (nSPS) is 17.6. The van der Waals surface area contributed by atoms with E-state index >= 15 is 0 Å². The summed E-state index contributed by atoms with van der Waals surface area (Å²) < 4.78 is 2.07. The summed E-state index contributed by atoms with van der Waals surface area (Å²) in [5.74, 6) is 1.26. The number of anilines is 3. The summed E-state index contributed by atoms with van der Waals surface area (Å²) in [5.41, 5.74) is 3.89. The molecule has 3 aromatic heterocycles. The van der Waals surface area contributed by atoms with Crippen LogP contribution >= 0.6 is 0 Å². The first-order valence-corrected chi connectivity index (χ1v) is 11.0. The minimum Gasteiger partial charge on any atom is -0.368 e. The van der Waals surface area contributed by atoms with Gasteiger partial charge in [0.15, 0.2) is 0 Å².